The normalized spacial score (nSPS) is 14.4. The van der Waals surface area contributed by atoms with Crippen molar-refractivity contribution in [2.75, 3.05) is 11.5 Å². The van der Waals surface area contributed by atoms with Crippen molar-refractivity contribution in [1.82, 2.24) is 5.32 Å². The van der Waals surface area contributed by atoms with Crippen molar-refractivity contribution >= 4 is 62.8 Å². The maximum absolute atomic E-state index is 13.4. The summed E-state index contributed by atoms with van der Waals surface area (Å²) in [6.45, 7) is 4.54. The molecule has 38 heavy (non-hydrogen) atoms. The number of aryl methyl sites for hydroxylation is 1. The number of halogens is 1. The largest absolute Gasteiger partial charge is 0.490 e. The van der Waals surface area contributed by atoms with Gasteiger partial charge in [-0.2, -0.15) is 0 Å². The highest BCUT2D eigenvalue weighted by molar-refractivity contribution is 9.10. The van der Waals surface area contributed by atoms with Gasteiger partial charge in [0, 0.05) is 0 Å². The van der Waals surface area contributed by atoms with Crippen LogP contribution < -0.4 is 19.7 Å². The third kappa shape index (κ3) is 5.92. The Balaban J connectivity index is 1.67. The van der Waals surface area contributed by atoms with Crippen LogP contribution in [0.4, 0.5) is 5.69 Å². The van der Waals surface area contributed by atoms with Crippen LogP contribution in [0.1, 0.15) is 34.0 Å². The molecule has 10 heteroatoms. The smallest absolute Gasteiger partial charge is 0.335 e. The lowest BCUT2D eigenvalue weighted by Crippen LogP contribution is -2.54. The zero-order valence-electron chi connectivity index (χ0n) is 20.5. The van der Waals surface area contributed by atoms with Gasteiger partial charge in [-0.15, -0.1) is 0 Å². The summed E-state index contributed by atoms with van der Waals surface area (Å²) in [5.41, 5.74) is 2.65. The molecule has 1 saturated heterocycles. The zero-order chi connectivity index (χ0) is 27.4. The van der Waals surface area contributed by atoms with Crippen molar-refractivity contribution in [2.45, 2.75) is 20.5 Å². The van der Waals surface area contributed by atoms with E-state index in [2.05, 4.69) is 21.2 Å². The molecule has 1 aliphatic heterocycles. The second kappa shape index (κ2) is 11.6. The number of anilines is 1. The van der Waals surface area contributed by atoms with Crippen LogP contribution in [0.3, 0.4) is 0 Å². The Kier molecular flexibility index (Phi) is 8.23. The lowest BCUT2D eigenvalue weighted by Gasteiger charge is -2.29. The van der Waals surface area contributed by atoms with Gasteiger partial charge in [0.25, 0.3) is 11.8 Å². The number of rotatable bonds is 8. The van der Waals surface area contributed by atoms with Crippen LogP contribution in [0.25, 0.3) is 6.08 Å². The van der Waals surface area contributed by atoms with Crippen LogP contribution in [0, 0.1) is 6.92 Å². The maximum Gasteiger partial charge on any atom is 0.335 e. The molecule has 3 aromatic rings. The Morgan fingerprint density at radius 1 is 1.11 bits per heavy atom. The Morgan fingerprint density at radius 3 is 2.58 bits per heavy atom. The quantitative estimate of drug-likeness (QED) is 0.208. The predicted octanol–water partition coefficient (Wildman–Crippen LogP) is 5.26. The van der Waals surface area contributed by atoms with Gasteiger partial charge in [0.1, 0.15) is 12.2 Å². The van der Waals surface area contributed by atoms with Gasteiger partial charge in [-0.3, -0.25) is 19.8 Å². The van der Waals surface area contributed by atoms with E-state index in [4.69, 9.17) is 21.7 Å². The molecule has 2 N–H and O–H groups in total. The van der Waals surface area contributed by atoms with E-state index in [1.807, 2.05) is 38.1 Å². The molecule has 1 fully saturated rings. The number of nitrogens with zero attached hydrogens (tertiary/aromatic N) is 1. The summed E-state index contributed by atoms with van der Waals surface area (Å²) in [5, 5.41) is 11.7. The molecule has 0 bridgehead atoms. The summed E-state index contributed by atoms with van der Waals surface area (Å²) in [4.78, 5) is 38.6. The molecular formula is C28H23BrN2O6S. The maximum atomic E-state index is 13.4. The first-order chi connectivity index (χ1) is 18.2. The second-order valence-electron chi connectivity index (χ2n) is 8.35. The Morgan fingerprint density at radius 2 is 1.87 bits per heavy atom. The van der Waals surface area contributed by atoms with Crippen molar-refractivity contribution < 1.29 is 29.0 Å². The molecule has 1 aliphatic rings. The fourth-order valence-electron chi connectivity index (χ4n) is 3.87. The Labute approximate surface area is 233 Å². The minimum Gasteiger partial charge on any atom is -0.490 e. The lowest BCUT2D eigenvalue weighted by atomic mass is 10.1. The van der Waals surface area contributed by atoms with Crippen LogP contribution in [-0.2, 0) is 16.2 Å². The van der Waals surface area contributed by atoms with Crippen molar-refractivity contribution in [3.05, 3.63) is 93.0 Å². The van der Waals surface area contributed by atoms with Crippen molar-refractivity contribution in [3.8, 4) is 11.5 Å². The molecule has 2 amide bonds. The molecule has 0 spiro atoms. The molecule has 0 atom stereocenters. The van der Waals surface area contributed by atoms with E-state index in [0.29, 0.717) is 34.7 Å². The summed E-state index contributed by atoms with van der Waals surface area (Å²) in [6, 6.07) is 17.1. The number of nitrogens with one attached hydrogen (secondary N) is 1. The monoisotopic (exact) mass is 594 g/mol. The number of hydrogen-bond donors (Lipinski definition) is 2. The lowest BCUT2D eigenvalue weighted by molar-refractivity contribution is -0.122. The number of carboxylic acids is 1. The molecule has 0 aliphatic carbocycles. The summed E-state index contributed by atoms with van der Waals surface area (Å²) in [7, 11) is 0. The van der Waals surface area contributed by atoms with E-state index in [9.17, 15) is 19.5 Å². The molecule has 194 valence electrons. The standard InChI is InChI=1S/C28H23BrN2O6S/c1-3-36-23-13-18(12-22(29)24(23)37-15-17-7-4-6-16(2)10-17)11-21-25(32)30-28(38)31(26(21)33)20-9-5-8-19(14-20)27(34)35/h4-14H,3,15H2,1-2H3,(H,34,35)(H,30,32,38). The van der Waals surface area contributed by atoms with Crippen molar-refractivity contribution in [1.29, 1.82) is 0 Å². The molecule has 0 aromatic heterocycles. The molecule has 0 radical (unpaired) electrons. The van der Waals surface area contributed by atoms with Crippen LogP contribution in [-0.4, -0.2) is 34.6 Å². The van der Waals surface area contributed by atoms with Gasteiger partial charge in [0.05, 0.1) is 22.3 Å². The molecular weight excluding hydrogens is 572 g/mol. The van der Waals surface area contributed by atoms with E-state index in [-0.39, 0.29) is 21.9 Å². The number of ether oxygens (including phenoxy) is 2. The van der Waals surface area contributed by atoms with Crippen LogP contribution in [0.15, 0.2) is 70.7 Å². The van der Waals surface area contributed by atoms with Crippen LogP contribution >= 0.6 is 28.1 Å². The van der Waals surface area contributed by atoms with E-state index >= 15 is 0 Å². The number of carbonyl (C=O) groups is 3. The topological polar surface area (TPSA) is 105 Å². The highest BCUT2D eigenvalue weighted by atomic mass is 79.9. The van der Waals surface area contributed by atoms with Crippen LogP contribution in [0.2, 0.25) is 0 Å². The summed E-state index contributed by atoms with van der Waals surface area (Å²) in [5.74, 6) is -1.58. The van der Waals surface area contributed by atoms with Gasteiger partial charge < -0.3 is 14.6 Å². The van der Waals surface area contributed by atoms with Gasteiger partial charge >= 0.3 is 5.97 Å². The highest BCUT2D eigenvalue weighted by Crippen LogP contribution is 2.38. The Hall–Kier alpha value is -4.02. The van der Waals surface area contributed by atoms with Gasteiger partial charge in [-0.1, -0.05) is 35.9 Å². The first-order valence-corrected chi connectivity index (χ1v) is 12.8. The van der Waals surface area contributed by atoms with Gasteiger partial charge in [0.15, 0.2) is 16.6 Å². The summed E-state index contributed by atoms with van der Waals surface area (Å²) >= 11 is 8.74. The number of carbonyl (C=O) groups excluding carboxylic acids is 2. The van der Waals surface area contributed by atoms with Crippen molar-refractivity contribution in [2.24, 2.45) is 0 Å². The molecule has 8 nitrogen and oxygen atoms in total. The average molecular weight is 595 g/mol. The average Bonchev–Trinajstić information content (AvgIpc) is 2.86. The Bertz CT molecular complexity index is 1490. The summed E-state index contributed by atoms with van der Waals surface area (Å²) < 4.78 is 12.4. The molecule has 0 saturated carbocycles. The second-order valence-corrected chi connectivity index (χ2v) is 9.60. The molecule has 4 rings (SSSR count). The minimum atomic E-state index is -1.15. The third-order valence-electron chi connectivity index (χ3n) is 5.56. The van der Waals surface area contributed by atoms with E-state index in [1.54, 1.807) is 12.1 Å². The number of benzene rings is 3. The van der Waals surface area contributed by atoms with Gasteiger partial charge in [-0.05, 0) is 89.5 Å². The fraction of sp³-hybridized carbons (Fsp3) is 0.143. The zero-order valence-corrected chi connectivity index (χ0v) is 22.9. The van der Waals surface area contributed by atoms with Gasteiger partial charge in [0.2, 0.25) is 0 Å². The number of aromatic carboxylic acids is 1. The molecule has 3 aromatic carbocycles. The number of carboxylic acid groups (broad SMARTS) is 1. The van der Waals surface area contributed by atoms with Gasteiger partial charge in [-0.25, -0.2) is 4.79 Å². The first-order valence-electron chi connectivity index (χ1n) is 11.6. The van der Waals surface area contributed by atoms with Crippen LogP contribution in [0.5, 0.6) is 11.5 Å². The number of amides is 2. The first kappa shape index (κ1) is 27.0. The van der Waals surface area contributed by atoms with Crippen molar-refractivity contribution in [3.63, 3.8) is 0 Å². The molecule has 1 heterocycles. The molecule has 0 unspecified atom stereocenters. The van der Waals surface area contributed by atoms with E-state index < -0.39 is 17.8 Å². The summed E-state index contributed by atoms with van der Waals surface area (Å²) in [6.07, 6.45) is 1.42. The highest BCUT2D eigenvalue weighted by Gasteiger charge is 2.35. The predicted molar refractivity (Wildman–Crippen MR) is 150 cm³/mol. The third-order valence-corrected chi connectivity index (χ3v) is 6.44. The number of hydrogen-bond acceptors (Lipinski definition) is 6. The fourth-order valence-corrected chi connectivity index (χ4v) is 4.72. The van der Waals surface area contributed by atoms with E-state index in [1.165, 1.54) is 30.3 Å². The van der Waals surface area contributed by atoms with E-state index in [0.717, 1.165) is 16.0 Å². The minimum absolute atomic E-state index is 0.0212. The SMILES string of the molecule is CCOc1cc(C=C2C(=O)NC(=S)N(c3cccc(C(=O)O)c3)C2=O)cc(Br)c1OCc1cccc(C)c1. The number of thiocarbonyl (C=S) groups is 1.